The van der Waals surface area contributed by atoms with Crippen LogP contribution in [0.4, 0.5) is 15.9 Å². The lowest BCUT2D eigenvalue weighted by atomic mass is 10.2. The summed E-state index contributed by atoms with van der Waals surface area (Å²) in [5.41, 5.74) is 5.96. The van der Waals surface area contributed by atoms with E-state index in [4.69, 9.17) is 5.73 Å². The summed E-state index contributed by atoms with van der Waals surface area (Å²) in [5, 5.41) is 2.06. The average Bonchev–Trinajstić information content (AvgIpc) is 2.74. The van der Waals surface area contributed by atoms with Crippen molar-refractivity contribution in [3.05, 3.63) is 66.6 Å². The summed E-state index contributed by atoms with van der Waals surface area (Å²) in [4.78, 5) is 20.5. The molecule has 0 radical (unpaired) electrons. The Morgan fingerprint density at radius 3 is 2.47 bits per heavy atom. The molecule has 156 valence electrons. The molecule has 1 amide bonds. The van der Waals surface area contributed by atoms with E-state index in [1.807, 2.05) is 0 Å². The smallest absolute Gasteiger partial charge is 0.238 e. The Kier molecular flexibility index (Phi) is 6.68. The first-order valence-electron chi connectivity index (χ1n) is 8.97. The molecule has 0 fully saturated rings. The van der Waals surface area contributed by atoms with Gasteiger partial charge in [-0.3, -0.25) is 4.79 Å². The third-order valence-corrected chi connectivity index (χ3v) is 7.17. The number of carbonyl (C=O) groups is 1. The molecule has 0 aliphatic heterocycles. The molecule has 0 aliphatic rings. The Labute approximate surface area is 177 Å². The van der Waals surface area contributed by atoms with E-state index in [-0.39, 0.29) is 26.5 Å². The third-order valence-electron chi connectivity index (χ3n) is 4.15. The van der Waals surface area contributed by atoms with Crippen LogP contribution in [0.2, 0.25) is 0 Å². The first-order chi connectivity index (χ1) is 14.3. The van der Waals surface area contributed by atoms with Crippen molar-refractivity contribution in [1.82, 2.24) is 9.97 Å². The summed E-state index contributed by atoms with van der Waals surface area (Å²) in [6.45, 7) is 1.79. The second-order valence-electron chi connectivity index (χ2n) is 6.20. The lowest BCUT2D eigenvalue weighted by molar-refractivity contribution is -0.115. The Bertz CT molecular complexity index is 1160. The Balaban J connectivity index is 1.79. The van der Waals surface area contributed by atoms with Gasteiger partial charge in [-0.05, 0) is 30.7 Å². The van der Waals surface area contributed by atoms with E-state index in [0.29, 0.717) is 6.42 Å². The van der Waals surface area contributed by atoms with Crippen LogP contribution >= 0.6 is 11.8 Å². The molecular weight excluding hydrogens is 427 g/mol. The maximum Gasteiger partial charge on any atom is 0.238 e. The van der Waals surface area contributed by atoms with Crippen molar-refractivity contribution in [2.75, 3.05) is 11.1 Å². The van der Waals surface area contributed by atoms with Gasteiger partial charge in [0.15, 0.2) is 5.16 Å². The SMILES string of the molecule is CCC(Sc1ncc(S(=O)(=O)c2ccccc2)c(N)n1)C(=O)Nc1ccccc1F. The maximum atomic E-state index is 13.8. The molecule has 0 spiro atoms. The number of nitrogens with two attached hydrogens (primary N) is 1. The van der Waals surface area contributed by atoms with Crippen molar-refractivity contribution in [2.24, 2.45) is 0 Å². The number of aromatic nitrogens is 2. The van der Waals surface area contributed by atoms with Gasteiger partial charge in [0, 0.05) is 0 Å². The highest BCUT2D eigenvalue weighted by Crippen LogP contribution is 2.28. The number of sulfone groups is 1. The van der Waals surface area contributed by atoms with Crippen LogP contribution in [-0.4, -0.2) is 29.5 Å². The number of thioether (sulfide) groups is 1. The highest BCUT2D eigenvalue weighted by Gasteiger charge is 2.24. The summed E-state index contributed by atoms with van der Waals surface area (Å²) in [7, 11) is -3.86. The topological polar surface area (TPSA) is 115 Å². The lowest BCUT2D eigenvalue weighted by Crippen LogP contribution is -2.25. The van der Waals surface area contributed by atoms with Gasteiger partial charge < -0.3 is 11.1 Å². The molecular formula is C20H19FN4O3S2. The molecule has 7 nitrogen and oxygen atoms in total. The van der Waals surface area contributed by atoms with Gasteiger partial charge in [-0.15, -0.1) is 0 Å². The number of nitrogens with one attached hydrogen (secondary N) is 1. The van der Waals surface area contributed by atoms with Crippen LogP contribution in [0.25, 0.3) is 0 Å². The maximum absolute atomic E-state index is 13.8. The molecule has 1 aromatic heterocycles. The fourth-order valence-corrected chi connectivity index (χ4v) is 4.72. The Morgan fingerprint density at radius 2 is 1.83 bits per heavy atom. The van der Waals surface area contributed by atoms with E-state index in [9.17, 15) is 17.6 Å². The number of halogens is 1. The minimum absolute atomic E-state index is 0.0753. The molecule has 10 heteroatoms. The van der Waals surface area contributed by atoms with Crippen molar-refractivity contribution in [3.63, 3.8) is 0 Å². The van der Waals surface area contributed by atoms with Crippen molar-refractivity contribution in [2.45, 2.75) is 33.5 Å². The molecule has 1 unspecified atom stereocenters. The molecule has 0 saturated carbocycles. The third kappa shape index (κ3) is 4.77. The number of benzene rings is 2. The summed E-state index contributed by atoms with van der Waals surface area (Å²) in [6, 6.07) is 13.7. The minimum atomic E-state index is -3.86. The van der Waals surface area contributed by atoms with Gasteiger partial charge in [0.05, 0.1) is 22.0 Å². The predicted molar refractivity (Wildman–Crippen MR) is 113 cm³/mol. The molecule has 2 aromatic carbocycles. The lowest BCUT2D eigenvalue weighted by Gasteiger charge is -2.15. The molecule has 3 N–H and O–H groups in total. The van der Waals surface area contributed by atoms with Crippen LogP contribution in [0.3, 0.4) is 0 Å². The van der Waals surface area contributed by atoms with E-state index in [1.165, 1.54) is 30.3 Å². The van der Waals surface area contributed by atoms with Gasteiger partial charge in [-0.2, -0.15) is 0 Å². The molecule has 30 heavy (non-hydrogen) atoms. The zero-order valence-electron chi connectivity index (χ0n) is 15.9. The zero-order chi connectivity index (χ0) is 21.7. The highest BCUT2D eigenvalue weighted by atomic mass is 32.2. The number of nitrogen functional groups attached to an aromatic ring is 1. The number of amides is 1. The van der Waals surface area contributed by atoms with E-state index in [0.717, 1.165) is 18.0 Å². The van der Waals surface area contributed by atoms with E-state index >= 15 is 0 Å². The highest BCUT2D eigenvalue weighted by molar-refractivity contribution is 8.00. The number of nitrogens with zero attached hydrogens (tertiary/aromatic N) is 2. The van der Waals surface area contributed by atoms with Gasteiger partial charge in [0.2, 0.25) is 15.7 Å². The molecule has 1 heterocycles. The average molecular weight is 447 g/mol. The first kappa shape index (κ1) is 21.7. The molecule has 1 atom stereocenters. The van der Waals surface area contributed by atoms with Gasteiger partial charge in [-0.25, -0.2) is 22.8 Å². The number of anilines is 2. The van der Waals surface area contributed by atoms with Crippen LogP contribution in [0.15, 0.2) is 75.7 Å². The predicted octanol–water partition coefficient (Wildman–Crippen LogP) is 3.54. The fraction of sp³-hybridized carbons (Fsp3) is 0.150. The van der Waals surface area contributed by atoms with Gasteiger partial charge >= 0.3 is 0 Å². The Morgan fingerprint density at radius 1 is 1.17 bits per heavy atom. The van der Waals surface area contributed by atoms with Crippen molar-refractivity contribution < 1.29 is 17.6 Å². The standard InChI is InChI=1S/C20H19FN4O3S2/c1-2-16(19(26)24-15-11-7-6-10-14(15)21)29-20-23-12-17(18(22)25-20)30(27,28)13-8-4-3-5-9-13/h3-12,16H,2H2,1H3,(H,24,26)(H2,22,23,25). The summed E-state index contributed by atoms with van der Waals surface area (Å²) in [6.07, 6.45) is 1.55. The van der Waals surface area contributed by atoms with E-state index in [1.54, 1.807) is 31.2 Å². The molecule has 3 rings (SSSR count). The minimum Gasteiger partial charge on any atom is -0.382 e. The quantitative estimate of drug-likeness (QED) is 0.421. The molecule has 0 bridgehead atoms. The number of hydrogen-bond donors (Lipinski definition) is 2. The number of carbonyl (C=O) groups excluding carboxylic acids is 1. The van der Waals surface area contributed by atoms with Crippen LogP contribution in [0.1, 0.15) is 13.3 Å². The van der Waals surface area contributed by atoms with Gasteiger partial charge in [0.25, 0.3) is 0 Å². The fourth-order valence-electron chi connectivity index (χ4n) is 2.58. The summed E-state index contributed by atoms with van der Waals surface area (Å²) >= 11 is 1.02. The number of rotatable bonds is 7. The largest absolute Gasteiger partial charge is 0.382 e. The molecule has 0 saturated heterocycles. The van der Waals surface area contributed by atoms with E-state index < -0.39 is 26.8 Å². The second-order valence-corrected chi connectivity index (χ2v) is 9.29. The van der Waals surface area contributed by atoms with E-state index in [2.05, 4.69) is 15.3 Å². The van der Waals surface area contributed by atoms with Crippen molar-refractivity contribution in [1.29, 1.82) is 0 Å². The normalized spacial score (nSPS) is 12.3. The van der Waals surface area contributed by atoms with Crippen LogP contribution < -0.4 is 11.1 Å². The van der Waals surface area contributed by atoms with Crippen molar-refractivity contribution in [3.8, 4) is 0 Å². The first-order valence-corrected chi connectivity index (χ1v) is 11.3. The monoisotopic (exact) mass is 446 g/mol. The molecule has 3 aromatic rings. The van der Waals surface area contributed by atoms with Crippen LogP contribution in [0, 0.1) is 5.82 Å². The number of hydrogen-bond acceptors (Lipinski definition) is 7. The second kappa shape index (κ2) is 9.23. The number of para-hydroxylation sites is 1. The summed E-state index contributed by atoms with van der Waals surface area (Å²) < 4.78 is 39.2. The Hall–Kier alpha value is -2.98. The zero-order valence-corrected chi connectivity index (χ0v) is 17.6. The van der Waals surface area contributed by atoms with Crippen molar-refractivity contribution >= 4 is 39.0 Å². The molecule has 0 aliphatic carbocycles. The van der Waals surface area contributed by atoms with Crippen LogP contribution in [-0.2, 0) is 14.6 Å². The van der Waals surface area contributed by atoms with Gasteiger partial charge in [0.1, 0.15) is 16.5 Å². The van der Waals surface area contributed by atoms with Crippen LogP contribution in [0.5, 0.6) is 0 Å². The van der Waals surface area contributed by atoms with Gasteiger partial charge in [-0.1, -0.05) is 49.0 Å². The summed E-state index contributed by atoms with van der Waals surface area (Å²) in [5.74, 6) is -1.17.